The average molecular weight is 480 g/mol. The summed E-state index contributed by atoms with van der Waals surface area (Å²) in [6.07, 6.45) is 1.88. The van der Waals surface area contributed by atoms with Crippen LogP contribution in [0.4, 0.5) is 10.6 Å². The molecule has 0 bridgehead atoms. The van der Waals surface area contributed by atoms with Gasteiger partial charge in [0.25, 0.3) is 0 Å². The van der Waals surface area contributed by atoms with Crippen molar-refractivity contribution >= 4 is 33.0 Å². The molecule has 180 valence electrons. The zero-order chi connectivity index (χ0) is 24.0. The summed E-state index contributed by atoms with van der Waals surface area (Å²) in [6.45, 7) is 6.50. The molecule has 1 aromatic heterocycles. The molecule has 2 aromatic rings. The van der Waals surface area contributed by atoms with Gasteiger partial charge < -0.3 is 19.1 Å². The standard InChI is InChI=1S/C21H29N5O6S/c1-20(2,3)32-19(27)25-33(28,29)24-13-8-21(9-13)10-26(11-21)18-14-6-16(30-4)17(31-5)7-15(14)22-12-23-18/h6-7,12-13,24H,8-11H2,1-5H3,(H,25,27). The van der Waals surface area contributed by atoms with Crippen LogP contribution in [-0.4, -0.2) is 63.4 Å². The van der Waals surface area contributed by atoms with E-state index in [1.165, 1.54) is 6.33 Å². The van der Waals surface area contributed by atoms with Crippen LogP contribution in [0.3, 0.4) is 0 Å². The second-order valence-corrected chi connectivity index (χ2v) is 11.1. The summed E-state index contributed by atoms with van der Waals surface area (Å²) < 4.78 is 44.6. The number of carbonyl (C=O) groups excluding carboxylic acids is 1. The topological polar surface area (TPSA) is 132 Å². The predicted octanol–water partition coefficient (Wildman–Crippen LogP) is 1.97. The molecular formula is C21H29N5O6S. The molecule has 2 fully saturated rings. The molecule has 0 unspecified atom stereocenters. The number of hydrogen-bond acceptors (Lipinski definition) is 9. The number of nitrogens with one attached hydrogen (secondary N) is 2. The third kappa shape index (κ3) is 4.91. The van der Waals surface area contributed by atoms with Gasteiger partial charge in [-0.2, -0.15) is 13.1 Å². The van der Waals surface area contributed by atoms with E-state index in [0.29, 0.717) is 24.3 Å². The third-order valence-electron chi connectivity index (χ3n) is 5.77. The van der Waals surface area contributed by atoms with Crippen molar-refractivity contribution < 1.29 is 27.4 Å². The Morgan fingerprint density at radius 1 is 1.12 bits per heavy atom. The van der Waals surface area contributed by atoms with Gasteiger partial charge >= 0.3 is 16.3 Å². The molecule has 1 saturated heterocycles. The fourth-order valence-corrected chi connectivity index (χ4v) is 5.44. The Hall–Kier alpha value is -2.86. The highest BCUT2D eigenvalue weighted by molar-refractivity contribution is 7.88. The number of hydrogen-bond donors (Lipinski definition) is 2. The molecule has 2 heterocycles. The molecule has 0 atom stereocenters. The van der Waals surface area contributed by atoms with E-state index in [4.69, 9.17) is 14.2 Å². The van der Waals surface area contributed by atoms with Gasteiger partial charge in [0.1, 0.15) is 17.7 Å². The minimum absolute atomic E-state index is 0.0208. The predicted molar refractivity (Wildman–Crippen MR) is 122 cm³/mol. The van der Waals surface area contributed by atoms with Gasteiger partial charge in [-0.15, -0.1) is 0 Å². The summed E-state index contributed by atoms with van der Waals surface area (Å²) in [7, 11) is -0.830. The molecule has 1 spiro atoms. The van der Waals surface area contributed by atoms with Crippen LogP contribution in [0.2, 0.25) is 0 Å². The van der Waals surface area contributed by atoms with Crippen LogP contribution in [0.15, 0.2) is 18.5 Å². The smallest absolute Gasteiger partial charge is 0.422 e. The SMILES string of the molecule is COc1cc2ncnc(N3CC4(CC(NS(=O)(=O)NC(=O)OC(C)(C)C)C4)C3)c2cc1OC. The van der Waals surface area contributed by atoms with E-state index in [9.17, 15) is 13.2 Å². The van der Waals surface area contributed by atoms with Crippen LogP contribution in [0.1, 0.15) is 33.6 Å². The summed E-state index contributed by atoms with van der Waals surface area (Å²) in [5.74, 6) is 2.01. The fourth-order valence-electron chi connectivity index (χ4n) is 4.52. The molecule has 0 radical (unpaired) electrons. The van der Waals surface area contributed by atoms with Gasteiger partial charge in [-0.3, -0.25) is 0 Å². The Bertz CT molecular complexity index is 1170. The van der Waals surface area contributed by atoms with Crippen molar-refractivity contribution in [3.05, 3.63) is 18.5 Å². The number of amides is 1. The van der Waals surface area contributed by atoms with Crippen molar-refractivity contribution in [1.29, 1.82) is 0 Å². The van der Waals surface area contributed by atoms with Crippen LogP contribution in [0.5, 0.6) is 11.5 Å². The van der Waals surface area contributed by atoms with Crippen molar-refractivity contribution in [3.8, 4) is 11.5 Å². The van der Waals surface area contributed by atoms with Crippen LogP contribution in [0.25, 0.3) is 10.9 Å². The first kappa shape index (κ1) is 23.3. The molecule has 1 aliphatic heterocycles. The summed E-state index contributed by atoms with van der Waals surface area (Å²) in [5, 5.41) is 0.864. The lowest BCUT2D eigenvalue weighted by atomic mass is 9.61. The number of nitrogens with zero attached hydrogens (tertiary/aromatic N) is 3. The molecule has 12 heteroatoms. The summed E-state index contributed by atoms with van der Waals surface area (Å²) in [6, 6.07) is 3.45. The molecule has 1 aromatic carbocycles. The maximum absolute atomic E-state index is 12.2. The number of aromatic nitrogens is 2. The molecule has 1 amide bonds. The summed E-state index contributed by atoms with van der Waals surface area (Å²) in [4.78, 5) is 22.7. The van der Waals surface area contributed by atoms with Crippen molar-refractivity contribution in [1.82, 2.24) is 19.4 Å². The number of anilines is 1. The monoisotopic (exact) mass is 479 g/mol. The Balaban J connectivity index is 1.36. The number of rotatable bonds is 6. The van der Waals surface area contributed by atoms with Crippen LogP contribution >= 0.6 is 0 Å². The first-order valence-electron chi connectivity index (χ1n) is 10.6. The minimum Gasteiger partial charge on any atom is -0.493 e. The zero-order valence-corrected chi connectivity index (χ0v) is 20.2. The van der Waals surface area contributed by atoms with Crippen LogP contribution in [-0.2, 0) is 14.9 Å². The fraction of sp³-hybridized carbons (Fsp3) is 0.571. The molecule has 2 aliphatic rings. The van der Waals surface area contributed by atoms with Gasteiger partial charge in [0.15, 0.2) is 11.5 Å². The van der Waals surface area contributed by atoms with E-state index in [1.54, 1.807) is 35.0 Å². The second-order valence-electron chi connectivity index (χ2n) is 9.61. The molecule has 1 saturated carbocycles. The number of carbonyl (C=O) groups is 1. The van der Waals surface area contributed by atoms with Gasteiger partial charge in [-0.05, 0) is 39.7 Å². The molecule has 4 rings (SSSR count). The Morgan fingerprint density at radius 3 is 2.36 bits per heavy atom. The van der Waals surface area contributed by atoms with Crippen molar-refractivity contribution in [2.45, 2.75) is 45.3 Å². The van der Waals surface area contributed by atoms with Gasteiger partial charge in [-0.25, -0.2) is 19.5 Å². The van der Waals surface area contributed by atoms with E-state index >= 15 is 0 Å². The quantitative estimate of drug-likeness (QED) is 0.638. The molecule has 1 aliphatic carbocycles. The molecule has 2 N–H and O–H groups in total. The highest BCUT2D eigenvalue weighted by Gasteiger charge is 2.53. The number of ether oxygens (including phenoxy) is 3. The van der Waals surface area contributed by atoms with Crippen molar-refractivity contribution in [2.75, 3.05) is 32.2 Å². The Kier molecular flexibility index (Phi) is 5.77. The lowest BCUT2D eigenvalue weighted by Crippen LogP contribution is -2.67. The first-order valence-corrected chi connectivity index (χ1v) is 12.1. The average Bonchev–Trinajstić information content (AvgIpc) is 2.65. The number of fused-ring (bicyclic) bond motifs is 1. The first-order chi connectivity index (χ1) is 15.4. The van der Waals surface area contributed by atoms with Gasteiger partial charge in [0, 0.05) is 36.0 Å². The zero-order valence-electron chi connectivity index (χ0n) is 19.3. The number of methoxy groups -OCH3 is 2. The largest absolute Gasteiger partial charge is 0.493 e. The maximum atomic E-state index is 12.2. The van der Waals surface area contributed by atoms with Gasteiger partial charge in [0.2, 0.25) is 0 Å². The minimum atomic E-state index is -3.99. The lowest BCUT2D eigenvalue weighted by molar-refractivity contribution is 0.0548. The van der Waals surface area contributed by atoms with Crippen LogP contribution < -0.4 is 23.8 Å². The molecule has 11 nitrogen and oxygen atoms in total. The number of benzene rings is 1. The van der Waals surface area contributed by atoms with E-state index in [2.05, 4.69) is 19.6 Å². The highest BCUT2D eigenvalue weighted by atomic mass is 32.2. The third-order valence-corrected chi connectivity index (χ3v) is 6.85. The molecule has 33 heavy (non-hydrogen) atoms. The van der Waals surface area contributed by atoms with Crippen molar-refractivity contribution in [3.63, 3.8) is 0 Å². The van der Waals surface area contributed by atoms with E-state index < -0.39 is 21.9 Å². The molecular weight excluding hydrogens is 450 g/mol. The van der Waals surface area contributed by atoms with E-state index in [-0.39, 0.29) is 11.5 Å². The second kappa shape index (κ2) is 8.17. The highest BCUT2D eigenvalue weighted by Crippen LogP contribution is 2.50. The van der Waals surface area contributed by atoms with Crippen molar-refractivity contribution in [2.24, 2.45) is 5.41 Å². The summed E-state index contributed by atoms with van der Waals surface area (Å²) >= 11 is 0. The van der Waals surface area contributed by atoms with Crippen LogP contribution in [0, 0.1) is 5.41 Å². The van der Waals surface area contributed by atoms with E-state index in [0.717, 1.165) is 29.8 Å². The van der Waals surface area contributed by atoms with Gasteiger partial charge in [-0.1, -0.05) is 0 Å². The Morgan fingerprint density at radius 2 is 1.76 bits per heavy atom. The normalized spacial score (nSPS) is 17.9. The maximum Gasteiger partial charge on any atom is 0.422 e. The van der Waals surface area contributed by atoms with Gasteiger partial charge in [0.05, 0.1) is 19.7 Å². The Labute approximate surface area is 193 Å². The van der Waals surface area contributed by atoms with E-state index in [1.807, 2.05) is 16.9 Å². The summed E-state index contributed by atoms with van der Waals surface area (Å²) in [5.41, 5.74) is -0.00553. The lowest BCUT2D eigenvalue weighted by Gasteiger charge is -2.59.